The fraction of sp³-hybridized carbons (Fsp3) is 0.250. The Morgan fingerprint density at radius 3 is 2.74 bits per heavy atom. The van der Waals surface area contributed by atoms with Crippen LogP contribution in [-0.2, 0) is 0 Å². The summed E-state index contributed by atoms with van der Waals surface area (Å²) in [6.45, 7) is 1.74. The van der Waals surface area contributed by atoms with Crippen molar-refractivity contribution in [2.75, 3.05) is 0 Å². The molecule has 114 valence electrons. The molecule has 1 aromatic carbocycles. The lowest BCUT2D eigenvalue weighted by molar-refractivity contribution is 0.328. The number of hydrogen-bond acceptors (Lipinski definition) is 4. The van der Waals surface area contributed by atoms with Gasteiger partial charge in [0.2, 0.25) is 0 Å². The van der Waals surface area contributed by atoms with Crippen LogP contribution < -0.4 is 0 Å². The Morgan fingerprint density at radius 1 is 1.26 bits per heavy atom. The van der Waals surface area contributed by atoms with Gasteiger partial charge >= 0.3 is 0 Å². The van der Waals surface area contributed by atoms with E-state index in [0.717, 1.165) is 5.56 Å². The van der Waals surface area contributed by atoms with Crippen LogP contribution in [0.25, 0.3) is 5.95 Å². The van der Waals surface area contributed by atoms with Gasteiger partial charge in [0.15, 0.2) is 12.0 Å². The first-order chi connectivity index (χ1) is 11.2. The largest absolute Gasteiger partial charge is 0.269 e. The quantitative estimate of drug-likeness (QED) is 0.729. The lowest BCUT2D eigenvalue weighted by Gasteiger charge is -2.11. The number of hydrogen-bond donors (Lipinski definition) is 0. The number of benzene rings is 1. The SMILES string of the molecule is Cc1nn(-c2nc3n(n2)C(c2ccccc2)CC3F)cc1C#N. The lowest BCUT2D eigenvalue weighted by Crippen LogP contribution is -2.08. The molecule has 2 atom stereocenters. The second-order valence-electron chi connectivity index (χ2n) is 5.53. The van der Waals surface area contributed by atoms with E-state index in [-0.39, 0.29) is 12.0 Å². The molecule has 4 rings (SSSR count). The Balaban J connectivity index is 1.77. The Labute approximate surface area is 131 Å². The molecule has 0 aliphatic carbocycles. The van der Waals surface area contributed by atoms with Crippen LogP contribution in [0.3, 0.4) is 0 Å². The molecule has 0 saturated carbocycles. The molecule has 6 nitrogen and oxygen atoms in total. The van der Waals surface area contributed by atoms with Crippen molar-refractivity contribution in [2.24, 2.45) is 0 Å². The van der Waals surface area contributed by atoms with Crippen LogP contribution in [0.1, 0.15) is 41.3 Å². The van der Waals surface area contributed by atoms with Crippen molar-refractivity contribution in [3.8, 4) is 12.0 Å². The number of fused-ring (bicyclic) bond motifs is 1. The number of nitrogens with zero attached hydrogens (tertiary/aromatic N) is 6. The van der Waals surface area contributed by atoms with Crippen LogP contribution in [0.5, 0.6) is 0 Å². The van der Waals surface area contributed by atoms with Gasteiger partial charge in [0.05, 0.1) is 23.5 Å². The number of alkyl halides is 1. The molecule has 0 fully saturated rings. The van der Waals surface area contributed by atoms with E-state index < -0.39 is 6.17 Å². The Bertz CT molecular complexity index is 905. The molecule has 23 heavy (non-hydrogen) atoms. The van der Waals surface area contributed by atoms with Gasteiger partial charge in [-0.15, -0.1) is 5.10 Å². The van der Waals surface area contributed by atoms with E-state index in [0.29, 0.717) is 23.5 Å². The molecular weight excluding hydrogens is 295 g/mol. The standard InChI is InChI=1S/C16H13FN6/c1-10-12(8-18)9-22(20-10)16-19-15-13(17)7-14(23(15)21-16)11-5-3-2-4-6-11/h2-6,9,13-14H,7H2,1H3. The lowest BCUT2D eigenvalue weighted by atomic mass is 10.0. The highest BCUT2D eigenvalue weighted by Gasteiger charge is 2.35. The molecule has 2 unspecified atom stereocenters. The molecule has 3 aromatic rings. The third kappa shape index (κ3) is 2.11. The summed E-state index contributed by atoms with van der Waals surface area (Å²) in [5, 5.41) is 17.7. The maximum absolute atomic E-state index is 14.3. The van der Waals surface area contributed by atoms with Crippen LogP contribution in [0, 0.1) is 18.3 Å². The molecule has 0 amide bonds. The van der Waals surface area contributed by atoms with Gasteiger partial charge < -0.3 is 0 Å². The Hall–Kier alpha value is -3.01. The molecule has 0 radical (unpaired) electrons. The summed E-state index contributed by atoms with van der Waals surface area (Å²) in [4.78, 5) is 4.27. The van der Waals surface area contributed by atoms with E-state index in [1.807, 2.05) is 30.3 Å². The van der Waals surface area contributed by atoms with E-state index in [1.165, 1.54) is 4.68 Å². The van der Waals surface area contributed by atoms with Gasteiger partial charge in [0.1, 0.15) is 6.07 Å². The van der Waals surface area contributed by atoms with Crippen LogP contribution in [-0.4, -0.2) is 24.5 Å². The van der Waals surface area contributed by atoms with Gasteiger partial charge in [-0.2, -0.15) is 15.3 Å². The third-order valence-corrected chi connectivity index (χ3v) is 4.06. The highest BCUT2D eigenvalue weighted by atomic mass is 19.1. The predicted molar refractivity (Wildman–Crippen MR) is 79.6 cm³/mol. The number of halogens is 1. The summed E-state index contributed by atoms with van der Waals surface area (Å²) in [5.74, 6) is 0.591. The summed E-state index contributed by atoms with van der Waals surface area (Å²) in [6, 6.07) is 11.6. The number of nitriles is 1. The second kappa shape index (κ2) is 5.02. The minimum atomic E-state index is -1.16. The van der Waals surface area contributed by atoms with E-state index in [9.17, 15) is 4.39 Å². The van der Waals surface area contributed by atoms with Crippen LogP contribution >= 0.6 is 0 Å². The van der Waals surface area contributed by atoms with Crippen molar-refractivity contribution in [1.29, 1.82) is 5.26 Å². The van der Waals surface area contributed by atoms with Crippen LogP contribution in [0.15, 0.2) is 36.5 Å². The summed E-state index contributed by atoms with van der Waals surface area (Å²) >= 11 is 0. The van der Waals surface area contributed by atoms with Gasteiger partial charge in [0.25, 0.3) is 5.95 Å². The zero-order valence-corrected chi connectivity index (χ0v) is 12.4. The van der Waals surface area contributed by atoms with Crippen molar-refractivity contribution < 1.29 is 4.39 Å². The molecule has 0 bridgehead atoms. The maximum atomic E-state index is 14.3. The highest BCUT2D eigenvalue weighted by Crippen LogP contribution is 2.39. The molecule has 1 aliphatic heterocycles. The monoisotopic (exact) mass is 308 g/mol. The van der Waals surface area contributed by atoms with E-state index >= 15 is 0 Å². The van der Waals surface area contributed by atoms with Crippen molar-refractivity contribution in [3.63, 3.8) is 0 Å². The molecule has 1 aliphatic rings. The topological polar surface area (TPSA) is 72.3 Å². The smallest absolute Gasteiger partial charge is 0.239 e. The van der Waals surface area contributed by atoms with Gasteiger partial charge in [-0.3, -0.25) is 0 Å². The second-order valence-corrected chi connectivity index (χ2v) is 5.53. The van der Waals surface area contributed by atoms with Gasteiger partial charge in [-0.25, -0.2) is 13.8 Å². The van der Waals surface area contributed by atoms with Gasteiger partial charge in [0, 0.05) is 6.42 Å². The first kappa shape index (κ1) is 13.6. The van der Waals surface area contributed by atoms with Gasteiger partial charge in [-0.1, -0.05) is 30.3 Å². The summed E-state index contributed by atoms with van der Waals surface area (Å²) in [7, 11) is 0. The molecule has 0 saturated heterocycles. The number of aromatic nitrogens is 5. The summed E-state index contributed by atoms with van der Waals surface area (Å²) in [6.07, 6.45) is 0.736. The summed E-state index contributed by atoms with van der Waals surface area (Å²) in [5.41, 5.74) is 2.05. The third-order valence-electron chi connectivity index (χ3n) is 4.06. The number of aryl methyl sites for hydroxylation is 1. The van der Waals surface area contributed by atoms with Crippen molar-refractivity contribution in [3.05, 3.63) is 59.2 Å². The van der Waals surface area contributed by atoms with Crippen LogP contribution in [0.2, 0.25) is 0 Å². The zero-order valence-electron chi connectivity index (χ0n) is 12.4. The predicted octanol–water partition coefficient (Wildman–Crippen LogP) is 2.65. The van der Waals surface area contributed by atoms with Crippen molar-refractivity contribution in [2.45, 2.75) is 25.6 Å². The molecular formula is C16H13FN6. The fourth-order valence-corrected chi connectivity index (χ4v) is 2.89. The molecule has 0 spiro atoms. The normalized spacial score (nSPS) is 19.5. The minimum Gasteiger partial charge on any atom is -0.239 e. The first-order valence-electron chi connectivity index (χ1n) is 7.29. The van der Waals surface area contributed by atoms with E-state index in [2.05, 4.69) is 21.3 Å². The summed E-state index contributed by atoms with van der Waals surface area (Å²) < 4.78 is 17.4. The Morgan fingerprint density at radius 2 is 2.04 bits per heavy atom. The minimum absolute atomic E-state index is 0.172. The van der Waals surface area contributed by atoms with Crippen LogP contribution in [0.4, 0.5) is 4.39 Å². The van der Waals surface area contributed by atoms with Crippen molar-refractivity contribution in [1.82, 2.24) is 24.5 Å². The van der Waals surface area contributed by atoms with E-state index in [4.69, 9.17) is 5.26 Å². The molecule has 3 heterocycles. The molecule has 2 aromatic heterocycles. The van der Waals surface area contributed by atoms with Crippen molar-refractivity contribution >= 4 is 0 Å². The van der Waals surface area contributed by atoms with Gasteiger partial charge in [-0.05, 0) is 12.5 Å². The average Bonchev–Trinajstić information content (AvgIpc) is 3.23. The molecule has 7 heteroatoms. The maximum Gasteiger partial charge on any atom is 0.269 e. The van der Waals surface area contributed by atoms with E-state index in [1.54, 1.807) is 17.8 Å². The fourth-order valence-electron chi connectivity index (χ4n) is 2.89. The first-order valence-corrected chi connectivity index (χ1v) is 7.29. The zero-order chi connectivity index (χ0) is 16.0. The molecule has 0 N–H and O–H groups in total. The Kier molecular flexibility index (Phi) is 2.98. The average molecular weight is 308 g/mol. The number of rotatable bonds is 2. The highest BCUT2D eigenvalue weighted by molar-refractivity contribution is 5.32.